The minimum Gasteiger partial charge on any atom is -0.394 e. The van der Waals surface area contributed by atoms with Crippen LogP contribution in [-0.2, 0) is 9.53 Å². The molecule has 29 heavy (non-hydrogen) atoms. The highest BCUT2D eigenvalue weighted by Crippen LogP contribution is 2.27. The molecule has 6 nitrogen and oxygen atoms in total. The molecule has 0 aromatic heterocycles. The fourth-order valence-corrected chi connectivity index (χ4v) is 4.66. The van der Waals surface area contributed by atoms with E-state index in [0.29, 0.717) is 28.6 Å². The SMILES string of the molecule is O=C(NCC[C@H]1CC[C@@H](NC(=O)C2CCCC2)[C@H](CO)O1)c1cc(Cl)cc(Cl)c1. The summed E-state index contributed by atoms with van der Waals surface area (Å²) in [5, 5.41) is 16.4. The van der Waals surface area contributed by atoms with E-state index in [1.165, 1.54) is 0 Å². The highest BCUT2D eigenvalue weighted by molar-refractivity contribution is 6.35. The van der Waals surface area contributed by atoms with Gasteiger partial charge in [-0.1, -0.05) is 36.0 Å². The van der Waals surface area contributed by atoms with Crippen molar-refractivity contribution in [3.63, 3.8) is 0 Å². The summed E-state index contributed by atoms with van der Waals surface area (Å²) in [6, 6.07) is 4.55. The maximum Gasteiger partial charge on any atom is 0.251 e. The first-order chi connectivity index (χ1) is 14.0. The van der Waals surface area contributed by atoms with E-state index in [4.69, 9.17) is 27.9 Å². The predicted molar refractivity (Wildman–Crippen MR) is 112 cm³/mol. The second-order valence-electron chi connectivity index (χ2n) is 7.86. The standard InChI is InChI=1S/C21H28Cl2N2O4/c22-15-9-14(10-16(23)11-15)20(27)24-8-7-17-5-6-18(19(12-26)29-17)25-21(28)13-3-1-2-4-13/h9-11,13,17-19,26H,1-8,12H2,(H,24,27)(H,25,28)/t17-,18-,19+/m1/s1. The smallest absolute Gasteiger partial charge is 0.251 e. The largest absolute Gasteiger partial charge is 0.394 e. The lowest BCUT2D eigenvalue weighted by Crippen LogP contribution is -2.52. The molecule has 1 aromatic carbocycles. The van der Waals surface area contributed by atoms with E-state index in [9.17, 15) is 14.7 Å². The van der Waals surface area contributed by atoms with Crippen LogP contribution in [0.5, 0.6) is 0 Å². The third-order valence-corrected chi connectivity index (χ3v) is 6.16. The van der Waals surface area contributed by atoms with E-state index in [0.717, 1.165) is 38.5 Å². The van der Waals surface area contributed by atoms with Gasteiger partial charge in [0.15, 0.2) is 0 Å². The lowest BCUT2D eigenvalue weighted by molar-refractivity contribution is -0.131. The molecular formula is C21H28Cl2N2O4. The molecular weight excluding hydrogens is 415 g/mol. The zero-order chi connectivity index (χ0) is 20.8. The second-order valence-corrected chi connectivity index (χ2v) is 8.73. The van der Waals surface area contributed by atoms with E-state index < -0.39 is 6.10 Å². The number of hydrogen-bond donors (Lipinski definition) is 3. The molecule has 2 fully saturated rings. The Kier molecular flexibility index (Phi) is 8.18. The van der Waals surface area contributed by atoms with Crippen LogP contribution < -0.4 is 10.6 Å². The molecule has 1 aliphatic carbocycles. The fraction of sp³-hybridized carbons (Fsp3) is 0.619. The molecule has 8 heteroatoms. The van der Waals surface area contributed by atoms with E-state index >= 15 is 0 Å². The van der Waals surface area contributed by atoms with Crippen LogP contribution in [0, 0.1) is 5.92 Å². The van der Waals surface area contributed by atoms with Crippen LogP contribution in [0.25, 0.3) is 0 Å². The summed E-state index contributed by atoms with van der Waals surface area (Å²) in [7, 11) is 0. The number of carbonyl (C=O) groups excluding carboxylic acids is 2. The molecule has 1 heterocycles. The van der Waals surface area contributed by atoms with Crippen molar-refractivity contribution in [2.75, 3.05) is 13.2 Å². The normalized spacial score (nSPS) is 25.0. The Morgan fingerprint density at radius 1 is 1.07 bits per heavy atom. The van der Waals surface area contributed by atoms with Gasteiger partial charge in [0.1, 0.15) is 6.10 Å². The van der Waals surface area contributed by atoms with Crippen molar-refractivity contribution in [2.45, 2.75) is 63.2 Å². The van der Waals surface area contributed by atoms with Gasteiger partial charge in [0.05, 0.1) is 18.8 Å². The summed E-state index contributed by atoms with van der Waals surface area (Å²) in [5.74, 6) is -0.0617. The first kappa shape index (κ1) is 22.3. The lowest BCUT2D eigenvalue weighted by atomic mass is 9.96. The van der Waals surface area contributed by atoms with Gasteiger partial charge in [-0.25, -0.2) is 0 Å². The van der Waals surface area contributed by atoms with Crippen LogP contribution in [-0.4, -0.2) is 48.3 Å². The number of amides is 2. The molecule has 0 bridgehead atoms. The lowest BCUT2D eigenvalue weighted by Gasteiger charge is -2.36. The van der Waals surface area contributed by atoms with Crippen LogP contribution in [0.2, 0.25) is 10.0 Å². The highest BCUT2D eigenvalue weighted by Gasteiger charge is 2.33. The molecule has 3 N–H and O–H groups in total. The van der Waals surface area contributed by atoms with Gasteiger partial charge in [0.2, 0.25) is 5.91 Å². The minimum absolute atomic E-state index is 0.0740. The Morgan fingerprint density at radius 2 is 1.76 bits per heavy atom. The van der Waals surface area contributed by atoms with Crippen molar-refractivity contribution in [2.24, 2.45) is 5.92 Å². The molecule has 2 aliphatic rings. The molecule has 0 unspecified atom stereocenters. The molecule has 0 spiro atoms. The third kappa shape index (κ3) is 6.32. The average molecular weight is 443 g/mol. The Morgan fingerprint density at radius 3 is 2.41 bits per heavy atom. The monoisotopic (exact) mass is 442 g/mol. The van der Waals surface area contributed by atoms with Gasteiger partial charge in [-0.3, -0.25) is 9.59 Å². The number of halogens is 2. The van der Waals surface area contributed by atoms with Crippen molar-refractivity contribution in [3.8, 4) is 0 Å². The summed E-state index contributed by atoms with van der Waals surface area (Å²) in [4.78, 5) is 24.6. The van der Waals surface area contributed by atoms with E-state index in [-0.39, 0.29) is 36.5 Å². The Hall–Kier alpha value is -1.34. The maximum absolute atomic E-state index is 12.4. The Bertz CT molecular complexity index is 704. The number of carbonyl (C=O) groups is 2. The molecule has 1 aliphatic heterocycles. The summed E-state index contributed by atoms with van der Waals surface area (Å²) in [6.45, 7) is 0.296. The van der Waals surface area contributed by atoms with Crippen molar-refractivity contribution in [1.82, 2.24) is 10.6 Å². The maximum atomic E-state index is 12.4. The van der Waals surface area contributed by atoms with Gasteiger partial charge in [0, 0.05) is 28.1 Å². The van der Waals surface area contributed by atoms with E-state index in [1.807, 2.05) is 0 Å². The van der Waals surface area contributed by atoms with E-state index in [2.05, 4.69) is 10.6 Å². The van der Waals surface area contributed by atoms with Crippen LogP contribution >= 0.6 is 23.2 Å². The van der Waals surface area contributed by atoms with Crippen molar-refractivity contribution < 1.29 is 19.4 Å². The first-order valence-corrected chi connectivity index (χ1v) is 11.0. The molecule has 3 rings (SSSR count). The number of aliphatic hydroxyl groups excluding tert-OH is 1. The van der Waals surface area contributed by atoms with Gasteiger partial charge >= 0.3 is 0 Å². The van der Waals surface area contributed by atoms with Gasteiger partial charge in [-0.05, 0) is 50.3 Å². The Balaban J connectivity index is 1.43. The molecule has 1 saturated carbocycles. The topological polar surface area (TPSA) is 87.7 Å². The molecule has 2 amide bonds. The highest BCUT2D eigenvalue weighted by atomic mass is 35.5. The molecule has 1 saturated heterocycles. The quantitative estimate of drug-likeness (QED) is 0.604. The first-order valence-electron chi connectivity index (χ1n) is 10.3. The second kappa shape index (κ2) is 10.6. The summed E-state index contributed by atoms with van der Waals surface area (Å²) < 4.78 is 5.98. The van der Waals surface area contributed by atoms with Crippen LogP contribution in [0.15, 0.2) is 18.2 Å². The third-order valence-electron chi connectivity index (χ3n) is 5.73. The summed E-state index contributed by atoms with van der Waals surface area (Å²) in [5.41, 5.74) is 0.412. The molecule has 3 atom stereocenters. The average Bonchev–Trinajstić information content (AvgIpc) is 3.23. The Labute approximate surface area is 181 Å². The van der Waals surface area contributed by atoms with Crippen LogP contribution in [0.4, 0.5) is 0 Å². The van der Waals surface area contributed by atoms with E-state index in [1.54, 1.807) is 18.2 Å². The number of nitrogens with one attached hydrogen (secondary N) is 2. The number of hydrogen-bond acceptors (Lipinski definition) is 4. The minimum atomic E-state index is -0.415. The van der Waals surface area contributed by atoms with Crippen molar-refractivity contribution in [1.29, 1.82) is 0 Å². The number of rotatable bonds is 7. The number of aliphatic hydroxyl groups is 1. The summed E-state index contributed by atoms with van der Waals surface area (Å²) >= 11 is 11.9. The van der Waals surface area contributed by atoms with Gasteiger partial charge in [0.25, 0.3) is 5.91 Å². The zero-order valence-electron chi connectivity index (χ0n) is 16.3. The summed E-state index contributed by atoms with van der Waals surface area (Å²) in [6.07, 6.45) is 5.77. The van der Waals surface area contributed by atoms with Gasteiger partial charge < -0.3 is 20.5 Å². The van der Waals surface area contributed by atoms with Crippen LogP contribution in [0.1, 0.15) is 55.3 Å². The number of ether oxygens (including phenoxy) is 1. The predicted octanol–water partition coefficient (Wildman–Crippen LogP) is 3.33. The molecule has 1 aromatic rings. The van der Waals surface area contributed by atoms with Crippen LogP contribution in [0.3, 0.4) is 0 Å². The van der Waals surface area contributed by atoms with Crippen molar-refractivity contribution in [3.05, 3.63) is 33.8 Å². The van der Waals surface area contributed by atoms with Gasteiger partial charge in [-0.15, -0.1) is 0 Å². The van der Waals surface area contributed by atoms with Gasteiger partial charge in [-0.2, -0.15) is 0 Å². The molecule has 0 radical (unpaired) electrons. The fourth-order valence-electron chi connectivity index (χ4n) is 4.13. The van der Waals surface area contributed by atoms with Crippen molar-refractivity contribution >= 4 is 35.0 Å². The molecule has 160 valence electrons. The zero-order valence-corrected chi connectivity index (χ0v) is 17.8. The number of benzene rings is 1.